The summed E-state index contributed by atoms with van der Waals surface area (Å²) in [7, 11) is 0. The number of nitrogens with zero attached hydrogens (tertiary/aromatic N) is 2. The molecule has 0 unspecified atom stereocenters. The number of hydrogen-bond acceptors (Lipinski definition) is 2. The van der Waals surface area contributed by atoms with E-state index in [0.717, 1.165) is 25.8 Å². The molecule has 0 saturated carbocycles. The molecule has 1 saturated heterocycles. The summed E-state index contributed by atoms with van der Waals surface area (Å²) in [5.74, 6) is 0.0442. The zero-order chi connectivity index (χ0) is 16.1. The van der Waals surface area contributed by atoms with E-state index in [1.807, 2.05) is 23.1 Å². The van der Waals surface area contributed by atoms with Crippen LogP contribution in [0.25, 0.3) is 0 Å². The minimum absolute atomic E-state index is 0.0442. The van der Waals surface area contributed by atoms with Gasteiger partial charge in [0.1, 0.15) is 0 Å². The SMILES string of the molecule is N#Cc1cccc(C(=O)N2CCCC[C@H]2Cc2ccccc2)c1. The second-order valence-corrected chi connectivity index (χ2v) is 6.03. The molecule has 1 heterocycles. The Balaban J connectivity index is 1.80. The van der Waals surface area contributed by atoms with E-state index in [4.69, 9.17) is 5.26 Å². The van der Waals surface area contributed by atoms with Crippen LogP contribution in [0.3, 0.4) is 0 Å². The predicted octanol–water partition coefficient (Wildman–Crippen LogP) is 3.80. The van der Waals surface area contributed by atoms with Crippen LogP contribution in [0.5, 0.6) is 0 Å². The summed E-state index contributed by atoms with van der Waals surface area (Å²) in [6.45, 7) is 0.799. The van der Waals surface area contributed by atoms with Crippen molar-refractivity contribution in [3.63, 3.8) is 0 Å². The Morgan fingerprint density at radius 2 is 1.96 bits per heavy atom. The van der Waals surface area contributed by atoms with Crippen LogP contribution in [0, 0.1) is 11.3 Å². The molecule has 23 heavy (non-hydrogen) atoms. The van der Waals surface area contributed by atoms with Crippen LogP contribution in [-0.4, -0.2) is 23.4 Å². The van der Waals surface area contributed by atoms with E-state index in [2.05, 4.69) is 18.2 Å². The van der Waals surface area contributed by atoms with Crippen molar-refractivity contribution in [1.29, 1.82) is 5.26 Å². The molecule has 0 aliphatic carbocycles. The Morgan fingerprint density at radius 3 is 2.74 bits per heavy atom. The van der Waals surface area contributed by atoms with Gasteiger partial charge >= 0.3 is 0 Å². The van der Waals surface area contributed by atoms with Crippen molar-refractivity contribution in [3.8, 4) is 6.07 Å². The molecule has 1 amide bonds. The number of hydrogen-bond donors (Lipinski definition) is 0. The van der Waals surface area contributed by atoms with Gasteiger partial charge in [0.15, 0.2) is 0 Å². The van der Waals surface area contributed by atoms with Gasteiger partial charge in [-0.1, -0.05) is 36.4 Å². The topological polar surface area (TPSA) is 44.1 Å². The molecule has 0 N–H and O–H groups in total. The summed E-state index contributed by atoms with van der Waals surface area (Å²) < 4.78 is 0. The van der Waals surface area contributed by atoms with Crippen molar-refractivity contribution in [3.05, 3.63) is 71.3 Å². The second kappa shape index (κ2) is 7.11. The van der Waals surface area contributed by atoms with Gasteiger partial charge in [-0.25, -0.2) is 0 Å². The molecule has 116 valence electrons. The molecule has 3 nitrogen and oxygen atoms in total. The number of likely N-dealkylation sites (tertiary alicyclic amines) is 1. The maximum Gasteiger partial charge on any atom is 0.254 e. The largest absolute Gasteiger partial charge is 0.335 e. The third-order valence-corrected chi connectivity index (χ3v) is 4.44. The zero-order valence-electron chi connectivity index (χ0n) is 13.1. The van der Waals surface area contributed by atoms with Crippen LogP contribution in [0.1, 0.15) is 40.7 Å². The molecule has 0 radical (unpaired) electrons. The van der Waals surface area contributed by atoms with E-state index in [9.17, 15) is 4.79 Å². The molecule has 1 aliphatic rings. The quantitative estimate of drug-likeness (QED) is 0.866. The van der Waals surface area contributed by atoms with E-state index < -0.39 is 0 Å². The predicted molar refractivity (Wildman–Crippen MR) is 90.0 cm³/mol. The minimum Gasteiger partial charge on any atom is -0.335 e. The molecule has 2 aromatic carbocycles. The van der Waals surface area contributed by atoms with Crippen LogP contribution >= 0.6 is 0 Å². The third-order valence-electron chi connectivity index (χ3n) is 4.44. The van der Waals surface area contributed by atoms with Crippen LogP contribution in [0.15, 0.2) is 54.6 Å². The molecule has 1 atom stereocenters. The summed E-state index contributed by atoms with van der Waals surface area (Å²) in [5, 5.41) is 9.03. The highest BCUT2D eigenvalue weighted by Gasteiger charge is 2.27. The molecular weight excluding hydrogens is 284 g/mol. The van der Waals surface area contributed by atoms with E-state index in [-0.39, 0.29) is 11.9 Å². The number of amides is 1. The zero-order valence-corrected chi connectivity index (χ0v) is 13.1. The Kier molecular flexibility index (Phi) is 4.73. The summed E-state index contributed by atoms with van der Waals surface area (Å²) in [4.78, 5) is 14.9. The molecular formula is C20H20N2O. The monoisotopic (exact) mass is 304 g/mol. The van der Waals surface area contributed by atoms with Gasteiger partial charge in [-0.05, 0) is 49.4 Å². The first-order valence-electron chi connectivity index (χ1n) is 8.13. The molecule has 1 fully saturated rings. The van der Waals surface area contributed by atoms with Gasteiger partial charge in [0.25, 0.3) is 5.91 Å². The first-order valence-corrected chi connectivity index (χ1v) is 8.13. The van der Waals surface area contributed by atoms with E-state index >= 15 is 0 Å². The number of nitriles is 1. The van der Waals surface area contributed by atoms with Crippen molar-refractivity contribution < 1.29 is 4.79 Å². The van der Waals surface area contributed by atoms with Gasteiger partial charge in [0.05, 0.1) is 11.6 Å². The van der Waals surface area contributed by atoms with Gasteiger partial charge < -0.3 is 4.90 Å². The fourth-order valence-electron chi connectivity index (χ4n) is 3.25. The second-order valence-electron chi connectivity index (χ2n) is 6.03. The lowest BCUT2D eigenvalue weighted by Gasteiger charge is -2.36. The lowest BCUT2D eigenvalue weighted by molar-refractivity contribution is 0.0613. The number of carbonyl (C=O) groups excluding carboxylic acids is 1. The molecule has 0 spiro atoms. The number of carbonyl (C=O) groups is 1. The van der Waals surface area contributed by atoms with Crippen molar-refractivity contribution in [1.82, 2.24) is 4.90 Å². The highest BCUT2D eigenvalue weighted by molar-refractivity contribution is 5.94. The Bertz CT molecular complexity index is 718. The summed E-state index contributed by atoms with van der Waals surface area (Å²) in [5.41, 5.74) is 2.42. The Hall–Kier alpha value is -2.60. The highest BCUT2D eigenvalue weighted by atomic mass is 16.2. The van der Waals surface area contributed by atoms with Crippen LogP contribution in [0.4, 0.5) is 0 Å². The first-order chi connectivity index (χ1) is 11.3. The first kappa shape index (κ1) is 15.3. The molecule has 3 heteroatoms. The number of piperidine rings is 1. The van der Waals surface area contributed by atoms with E-state index in [0.29, 0.717) is 11.1 Å². The number of rotatable bonds is 3. The summed E-state index contributed by atoms with van der Waals surface area (Å²) in [6, 6.07) is 19.7. The van der Waals surface area contributed by atoms with Crippen molar-refractivity contribution in [2.75, 3.05) is 6.54 Å². The van der Waals surface area contributed by atoms with Gasteiger partial charge in [-0.3, -0.25) is 4.79 Å². The van der Waals surface area contributed by atoms with Crippen molar-refractivity contribution >= 4 is 5.91 Å². The molecule has 2 aromatic rings. The normalized spacial score (nSPS) is 17.5. The lowest BCUT2D eigenvalue weighted by atomic mass is 9.94. The van der Waals surface area contributed by atoms with Crippen molar-refractivity contribution in [2.45, 2.75) is 31.7 Å². The molecule has 0 bridgehead atoms. The molecule has 0 aromatic heterocycles. The Morgan fingerprint density at radius 1 is 1.13 bits per heavy atom. The average molecular weight is 304 g/mol. The van der Waals surface area contributed by atoms with E-state index in [1.165, 1.54) is 12.0 Å². The van der Waals surface area contributed by atoms with Gasteiger partial charge in [-0.15, -0.1) is 0 Å². The van der Waals surface area contributed by atoms with Crippen LogP contribution in [0.2, 0.25) is 0 Å². The standard InChI is InChI=1S/C20H20N2O/c21-15-17-9-6-10-18(13-17)20(23)22-12-5-4-11-19(22)14-16-7-2-1-3-8-16/h1-3,6-10,13,19H,4-5,11-12,14H2/t19-/m0/s1. The van der Waals surface area contributed by atoms with Crippen LogP contribution < -0.4 is 0 Å². The lowest BCUT2D eigenvalue weighted by Crippen LogP contribution is -2.44. The fourth-order valence-corrected chi connectivity index (χ4v) is 3.25. The van der Waals surface area contributed by atoms with Crippen molar-refractivity contribution in [2.24, 2.45) is 0 Å². The van der Waals surface area contributed by atoms with Crippen LogP contribution in [-0.2, 0) is 6.42 Å². The maximum atomic E-state index is 12.9. The van der Waals surface area contributed by atoms with Gasteiger partial charge in [0.2, 0.25) is 0 Å². The summed E-state index contributed by atoms with van der Waals surface area (Å²) in [6.07, 6.45) is 4.15. The molecule has 3 rings (SSSR count). The minimum atomic E-state index is 0.0442. The average Bonchev–Trinajstić information content (AvgIpc) is 2.62. The highest BCUT2D eigenvalue weighted by Crippen LogP contribution is 2.23. The van der Waals surface area contributed by atoms with Gasteiger partial charge in [0, 0.05) is 18.2 Å². The fraction of sp³-hybridized carbons (Fsp3) is 0.300. The number of benzene rings is 2. The maximum absolute atomic E-state index is 12.9. The smallest absolute Gasteiger partial charge is 0.254 e. The van der Waals surface area contributed by atoms with E-state index in [1.54, 1.807) is 24.3 Å². The Labute approximate surface area is 137 Å². The van der Waals surface area contributed by atoms with Gasteiger partial charge in [-0.2, -0.15) is 5.26 Å². The molecule has 1 aliphatic heterocycles. The third kappa shape index (κ3) is 3.60. The summed E-state index contributed by atoms with van der Waals surface area (Å²) >= 11 is 0.